The van der Waals surface area contributed by atoms with Crippen LogP contribution in [0.5, 0.6) is 5.75 Å². The van der Waals surface area contributed by atoms with E-state index in [0.29, 0.717) is 16.3 Å². The molecule has 6 heteroatoms. The zero-order chi connectivity index (χ0) is 24.2. The Kier molecular flexibility index (Phi) is 7.56. The number of ether oxygens (including phenoxy) is 1. The molecule has 1 aromatic heterocycles. The number of nitrogens with zero attached hydrogens (tertiary/aromatic N) is 1. The summed E-state index contributed by atoms with van der Waals surface area (Å²) in [5.74, 6) is 1.21. The summed E-state index contributed by atoms with van der Waals surface area (Å²) >= 11 is 6.19. The highest BCUT2D eigenvalue weighted by Gasteiger charge is 2.65. The van der Waals surface area contributed by atoms with Crippen LogP contribution in [0, 0.1) is 0 Å². The Balaban J connectivity index is 1.81. The van der Waals surface area contributed by atoms with Gasteiger partial charge in [0.25, 0.3) is 0 Å². The lowest BCUT2D eigenvalue weighted by Gasteiger charge is -2.36. The van der Waals surface area contributed by atoms with Crippen molar-refractivity contribution in [1.29, 1.82) is 0 Å². The van der Waals surface area contributed by atoms with Crippen LogP contribution >= 0.6 is 11.6 Å². The number of aromatic nitrogens is 1. The van der Waals surface area contributed by atoms with Crippen LogP contribution in [0.2, 0.25) is 23.2 Å². The summed E-state index contributed by atoms with van der Waals surface area (Å²) in [4.78, 5) is 4.86. The summed E-state index contributed by atoms with van der Waals surface area (Å²) in [5, 5.41) is 13.1. The van der Waals surface area contributed by atoms with Crippen molar-refractivity contribution in [3.8, 4) is 5.75 Å². The van der Waals surface area contributed by atoms with Gasteiger partial charge in [-0.05, 0) is 60.8 Å². The first kappa shape index (κ1) is 25.0. The Hall–Kier alpha value is -2.08. The fourth-order valence-electron chi connectivity index (χ4n) is 5.50. The van der Waals surface area contributed by atoms with Crippen LogP contribution in [0.1, 0.15) is 64.2 Å². The number of hydrogen-bond acceptors (Lipinski definition) is 4. The molecular weight excluding hydrogens is 462 g/mol. The van der Waals surface area contributed by atoms with Gasteiger partial charge >= 0.3 is 0 Å². The molecule has 1 atom stereocenters. The van der Waals surface area contributed by atoms with Crippen molar-refractivity contribution in [2.75, 3.05) is 0 Å². The molecule has 4 nitrogen and oxygen atoms in total. The molecule has 0 aliphatic heterocycles. The summed E-state index contributed by atoms with van der Waals surface area (Å²) in [7, 11) is -1.90. The highest BCUT2D eigenvalue weighted by Crippen LogP contribution is 2.56. The quantitative estimate of drug-likeness (QED) is 0.272. The molecule has 1 fully saturated rings. The molecule has 1 saturated carbocycles. The fraction of sp³-hybridized carbons (Fsp3) is 0.464. The van der Waals surface area contributed by atoms with Crippen molar-refractivity contribution in [2.45, 2.75) is 82.2 Å². The van der Waals surface area contributed by atoms with E-state index in [-0.39, 0.29) is 0 Å². The number of benzene rings is 2. The number of aliphatic hydroxyl groups is 1. The van der Waals surface area contributed by atoms with E-state index >= 15 is 0 Å². The van der Waals surface area contributed by atoms with Gasteiger partial charge in [0.1, 0.15) is 11.4 Å². The summed E-state index contributed by atoms with van der Waals surface area (Å²) in [6.45, 7) is 6.73. The van der Waals surface area contributed by atoms with Crippen molar-refractivity contribution in [3.63, 3.8) is 0 Å². The molecule has 1 aliphatic carbocycles. The Morgan fingerprint density at radius 2 is 1.56 bits per heavy atom. The SMILES string of the molecule is CCC[Si](CCC)(CCC)c1ncc(C(O)(c2ccc(Cl)cc2)C2(Oc3ccccc3)CC2)o1. The van der Waals surface area contributed by atoms with E-state index in [1.54, 1.807) is 6.20 Å². The number of para-hydroxylation sites is 1. The molecule has 0 bridgehead atoms. The van der Waals surface area contributed by atoms with Gasteiger partial charge in [-0.1, -0.05) is 82.0 Å². The topological polar surface area (TPSA) is 55.5 Å². The Labute approximate surface area is 209 Å². The van der Waals surface area contributed by atoms with Crippen LogP contribution in [0.4, 0.5) is 0 Å². The molecular formula is C28H36ClNO3Si. The third kappa shape index (κ3) is 4.58. The third-order valence-electron chi connectivity index (χ3n) is 7.18. The summed E-state index contributed by atoms with van der Waals surface area (Å²) in [6.07, 6.45) is 6.55. The fourth-order valence-corrected chi connectivity index (χ4v) is 10.6. The third-order valence-corrected chi connectivity index (χ3v) is 12.9. The first-order valence-electron chi connectivity index (χ1n) is 12.6. The van der Waals surface area contributed by atoms with E-state index in [1.807, 2.05) is 54.6 Å². The molecule has 0 spiro atoms. The van der Waals surface area contributed by atoms with Crippen molar-refractivity contribution in [2.24, 2.45) is 0 Å². The largest absolute Gasteiger partial charge is 0.483 e. The van der Waals surface area contributed by atoms with E-state index in [2.05, 4.69) is 20.8 Å². The van der Waals surface area contributed by atoms with Gasteiger partial charge in [0.15, 0.2) is 24.9 Å². The number of hydrogen-bond donors (Lipinski definition) is 1. The second-order valence-corrected chi connectivity index (χ2v) is 14.6. The maximum atomic E-state index is 12.5. The smallest absolute Gasteiger partial charge is 0.189 e. The van der Waals surface area contributed by atoms with Crippen LogP contribution in [-0.2, 0) is 5.60 Å². The van der Waals surface area contributed by atoms with Gasteiger partial charge in [0.05, 0.1) is 6.20 Å². The lowest BCUT2D eigenvalue weighted by Crippen LogP contribution is -2.49. The standard InChI is InChI=1S/C28H36ClNO3Si/c1-4-18-34(19-5-2,20-6-3)26-30-21-25(32-26)28(31,22-12-14-23(29)15-13-22)27(16-17-27)33-24-10-8-7-9-11-24/h7-15,21,31H,4-6,16-20H2,1-3H3. The monoisotopic (exact) mass is 497 g/mol. The van der Waals surface area contributed by atoms with Gasteiger partial charge < -0.3 is 14.3 Å². The number of halogens is 1. The highest BCUT2D eigenvalue weighted by molar-refractivity contribution is 6.90. The summed E-state index contributed by atoms with van der Waals surface area (Å²) < 4.78 is 13.1. The van der Waals surface area contributed by atoms with Crippen LogP contribution in [0.3, 0.4) is 0 Å². The minimum atomic E-state index is -1.90. The predicted molar refractivity (Wildman–Crippen MR) is 141 cm³/mol. The zero-order valence-corrected chi connectivity index (χ0v) is 22.3. The molecule has 4 rings (SSSR count). The van der Waals surface area contributed by atoms with E-state index in [9.17, 15) is 5.11 Å². The normalized spacial score (nSPS) is 16.7. The van der Waals surface area contributed by atoms with E-state index < -0.39 is 19.3 Å². The van der Waals surface area contributed by atoms with E-state index in [1.165, 1.54) is 0 Å². The Bertz CT molecular complexity index is 1050. The minimum absolute atomic E-state index is 0.471. The second kappa shape index (κ2) is 10.3. The van der Waals surface area contributed by atoms with Crippen LogP contribution in [0.15, 0.2) is 65.2 Å². The maximum absolute atomic E-state index is 12.5. The van der Waals surface area contributed by atoms with Crippen molar-refractivity contribution in [3.05, 3.63) is 77.1 Å². The van der Waals surface area contributed by atoms with Crippen LogP contribution < -0.4 is 10.3 Å². The van der Waals surface area contributed by atoms with E-state index in [0.717, 1.165) is 61.5 Å². The predicted octanol–water partition coefficient (Wildman–Crippen LogP) is 7.06. The zero-order valence-electron chi connectivity index (χ0n) is 20.5. The molecule has 1 N–H and O–H groups in total. The Morgan fingerprint density at radius 1 is 0.971 bits per heavy atom. The van der Waals surface area contributed by atoms with Crippen molar-refractivity contribution < 1.29 is 14.3 Å². The molecule has 0 radical (unpaired) electrons. The average Bonchev–Trinajstić information content (AvgIpc) is 3.44. The van der Waals surface area contributed by atoms with Gasteiger partial charge in [0, 0.05) is 5.02 Å². The van der Waals surface area contributed by atoms with Crippen molar-refractivity contribution in [1.82, 2.24) is 4.98 Å². The summed E-state index contributed by atoms with van der Waals surface area (Å²) in [6, 6.07) is 20.5. The van der Waals surface area contributed by atoms with Gasteiger partial charge in [-0.3, -0.25) is 0 Å². The lowest BCUT2D eigenvalue weighted by atomic mass is 9.84. The lowest BCUT2D eigenvalue weighted by molar-refractivity contribution is -0.0661. The second-order valence-electron chi connectivity index (χ2n) is 9.69. The van der Waals surface area contributed by atoms with Gasteiger partial charge in [-0.25, -0.2) is 4.98 Å². The molecule has 182 valence electrons. The Morgan fingerprint density at radius 3 is 2.09 bits per heavy atom. The molecule has 1 aliphatic rings. The molecule has 1 heterocycles. The molecule has 3 aromatic rings. The number of oxazole rings is 1. The number of rotatable bonds is 12. The maximum Gasteiger partial charge on any atom is 0.189 e. The highest BCUT2D eigenvalue weighted by atomic mass is 35.5. The molecule has 34 heavy (non-hydrogen) atoms. The van der Waals surface area contributed by atoms with Crippen molar-refractivity contribution >= 4 is 25.2 Å². The van der Waals surface area contributed by atoms with Crippen LogP contribution in [-0.4, -0.2) is 23.8 Å². The minimum Gasteiger partial charge on any atom is -0.483 e. The first-order chi connectivity index (χ1) is 16.4. The van der Waals surface area contributed by atoms with Gasteiger partial charge in [-0.15, -0.1) is 0 Å². The molecule has 0 amide bonds. The van der Waals surface area contributed by atoms with Gasteiger partial charge in [0.2, 0.25) is 0 Å². The van der Waals surface area contributed by atoms with Gasteiger partial charge in [-0.2, -0.15) is 0 Å². The first-order valence-corrected chi connectivity index (χ1v) is 15.6. The summed E-state index contributed by atoms with van der Waals surface area (Å²) in [5.41, 5.74) is -0.704. The molecule has 0 saturated heterocycles. The average molecular weight is 498 g/mol. The molecule has 1 unspecified atom stereocenters. The van der Waals surface area contributed by atoms with Crippen LogP contribution in [0.25, 0.3) is 0 Å². The molecule has 2 aromatic carbocycles. The van der Waals surface area contributed by atoms with E-state index in [4.69, 9.17) is 25.7 Å².